The molecule has 1 aliphatic rings. The van der Waals surface area contributed by atoms with Crippen LogP contribution in [-0.4, -0.2) is 29.0 Å². The number of benzene rings is 2. The first-order valence-corrected chi connectivity index (χ1v) is 8.15. The lowest BCUT2D eigenvalue weighted by Crippen LogP contribution is -2.28. The van der Waals surface area contributed by atoms with Crippen molar-refractivity contribution in [2.75, 3.05) is 13.1 Å². The summed E-state index contributed by atoms with van der Waals surface area (Å²) in [4.78, 5) is 13.4. The topological polar surface area (TPSA) is 46.4 Å². The molecule has 1 fully saturated rings. The first-order valence-electron chi connectivity index (χ1n) is 7.40. The molecule has 0 N–H and O–H groups in total. The zero-order valence-corrected chi connectivity index (χ0v) is 13.9. The number of likely N-dealkylation sites (tertiary alicyclic amines) is 1. The van der Waals surface area contributed by atoms with Crippen LogP contribution < -0.4 is 0 Å². The molecule has 6 heteroatoms. The van der Waals surface area contributed by atoms with Crippen molar-refractivity contribution in [1.82, 2.24) is 4.90 Å². The molecule has 1 heterocycles. The fourth-order valence-electron chi connectivity index (χ4n) is 3.20. The molecule has 0 saturated carbocycles. The Bertz CT molecular complexity index is 689. The Morgan fingerprint density at radius 2 is 1.70 bits per heavy atom. The summed E-state index contributed by atoms with van der Waals surface area (Å²) in [5, 5.41) is 12.5. The molecule has 2 aromatic carbocycles. The van der Waals surface area contributed by atoms with E-state index in [4.69, 9.17) is 23.2 Å². The van der Waals surface area contributed by atoms with Crippen molar-refractivity contribution in [3.8, 4) is 0 Å². The minimum atomic E-state index is -0.698. The van der Waals surface area contributed by atoms with Gasteiger partial charge in [-0.15, -0.1) is 0 Å². The lowest BCUT2D eigenvalue weighted by atomic mass is 9.94. The van der Waals surface area contributed by atoms with E-state index in [2.05, 4.69) is 4.90 Å². The molecule has 0 radical (unpaired) electrons. The van der Waals surface area contributed by atoms with Gasteiger partial charge in [0.15, 0.2) is 0 Å². The lowest BCUT2D eigenvalue weighted by molar-refractivity contribution is -0.521. The lowest BCUT2D eigenvalue weighted by Gasteiger charge is -2.17. The van der Waals surface area contributed by atoms with Gasteiger partial charge in [-0.3, -0.25) is 15.0 Å². The van der Waals surface area contributed by atoms with Crippen LogP contribution >= 0.6 is 23.2 Å². The summed E-state index contributed by atoms with van der Waals surface area (Å²) >= 11 is 12.5. The van der Waals surface area contributed by atoms with Gasteiger partial charge < -0.3 is 0 Å². The van der Waals surface area contributed by atoms with Crippen LogP contribution in [-0.2, 0) is 6.54 Å². The first kappa shape index (κ1) is 16.2. The predicted octanol–water partition coefficient (Wildman–Crippen LogP) is 4.24. The number of halogens is 2. The van der Waals surface area contributed by atoms with Crippen LogP contribution in [0.3, 0.4) is 0 Å². The van der Waals surface area contributed by atoms with Crippen molar-refractivity contribution < 1.29 is 4.92 Å². The summed E-state index contributed by atoms with van der Waals surface area (Å²) in [6.45, 7) is 1.65. The number of nitro groups is 1. The van der Waals surface area contributed by atoms with E-state index in [1.807, 2.05) is 30.3 Å². The van der Waals surface area contributed by atoms with Gasteiger partial charge in [-0.2, -0.15) is 0 Å². The Hall–Kier alpha value is -1.62. The second-order valence-electron chi connectivity index (χ2n) is 5.77. The maximum Gasteiger partial charge on any atom is 0.233 e. The predicted molar refractivity (Wildman–Crippen MR) is 91.7 cm³/mol. The van der Waals surface area contributed by atoms with E-state index in [0.717, 1.165) is 5.56 Å². The number of nitrogens with zero attached hydrogens (tertiary/aromatic N) is 2. The van der Waals surface area contributed by atoms with Crippen LogP contribution in [0.1, 0.15) is 17.0 Å². The van der Waals surface area contributed by atoms with Crippen molar-refractivity contribution in [3.63, 3.8) is 0 Å². The molecule has 0 bridgehead atoms. The minimum Gasteiger partial charge on any atom is -0.292 e. The molecule has 3 rings (SSSR count). The number of rotatable bonds is 4. The maximum absolute atomic E-state index is 11.5. The van der Waals surface area contributed by atoms with E-state index >= 15 is 0 Å². The molecule has 0 aliphatic carbocycles. The average Bonchev–Trinajstić information content (AvgIpc) is 2.92. The molecule has 4 nitrogen and oxygen atoms in total. The van der Waals surface area contributed by atoms with Gasteiger partial charge >= 0.3 is 0 Å². The van der Waals surface area contributed by atoms with Crippen molar-refractivity contribution >= 4 is 23.2 Å². The van der Waals surface area contributed by atoms with Crippen LogP contribution in [0.4, 0.5) is 0 Å². The van der Waals surface area contributed by atoms with Gasteiger partial charge in [-0.25, -0.2) is 0 Å². The fraction of sp³-hybridized carbons (Fsp3) is 0.294. The van der Waals surface area contributed by atoms with Gasteiger partial charge in [0.2, 0.25) is 6.04 Å². The van der Waals surface area contributed by atoms with Gasteiger partial charge in [0, 0.05) is 33.6 Å². The van der Waals surface area contributed by atoms with Gasteiger partial charge in [-0.05, 0) is 17.7 Å². The van der Waals surface area contributed by atoms with Crippen LogP contribution in [0.5, 0.6) is 0 Å². The summed E-state index contributed by atoms with van der Waals surface area (Å²) in [7, 11) is 0. The SMILES string of the molecule is O=[N+]([O-])C1CN(Cc2ccccc2)CC1c1c(Cl)cccc1Cl. The number of hydrogen-bond acceptors (Lipinski definition) is 3. The highest BCUT2D eigenvalue weighted by Crippen LogP contribution is 2.38. The molecule has 0 amide bonds. The van der Waals surface area contributed by atoms with Crippen molar-refractivity contribution in [1.29, 1.82) is 0 Å². The van der Waals surface area contributed by atoms with E-state index in [0.29, 0.717) is 35.2 Å². The van der Waals surface area contributed by atoms with Crippen LogP contribution in [0, 0.1) is 10.1 Å². The van der Waals surface area contributed by atoms with Gasteiger partial charge in [0.25, 0.3) is 0 Å². The van der Waals surface area contributed by atoms with E-state index in [1.54, 1.807) is 18.2 Å². The van der Waals surface area contributed by atoms with E-state index < -0.39 is 6.04 Å². The minimum absolute atomic E-state index is 0.213. The second-order valence-corrected chi connectivity index (χ2v) is 6.59. The standard InChI is InChI=1S/C17H16Cl2N2O2/c18-14-7-4-8-15(19)17(14)13-10-20(11-16(13)21(22)23)9-12-5-2-1-3-6-12/h1-8,13,16H,9-11H2. The van der Waals surface area contributed by atoms with E-state index in [9.17, 15) is 10.1 Å². The fourth-order valence-corrected chi connectivity index (χ4v) is 3.88. The third kappa shape index (κ3) is 3.50. The molecular formula is C17H16Cl2N2O2. The quantitative estimate of drug-likeness (QED) is 0.612. The Kier molecular flexibility index (Phi) is 4.85. The summed E-state index contributed by atoms with van der Waals surface area (Å²) in [6.07, 6.45) is 0. The second kappa shape index (κ2) is 6.87. The highest BCUT2D eigenvalue weighted by molar-refractivity contribution is 6.36. The third-order valence-electron chi connectivity index (χ3n) is 4.25. The third-order valence-corrected chi connectivity index (χ3v) is 4.91. The highest BCUT2D eigenvalue weighted by Gasteiger charge is 2.43. The molecule has 0 aromatic heterocycles. The summed E-state index contributed by atoms with van der Waals surface area (Å²) in [5.74, 6) is -0.296. The molecule has 2 unspecified atom stereocenters. The summed E-state index contributed by atoms with van der Waals surface area (Å²) in [6, 6.07) is 14.5. The van der Waals surface area contributed by atoms with Crippen LogP contribution in [0.2, 0.25) is 10.0 Å². The number of hydrogen-bond donors (Lipinski definition) is 0. The molecular weight excluding hydrogens is 335 g/mol. The Morgan fingerprint density at radius 3 is 2.30 bits per heavy atom. The largest absolute Gasteiger partial charge is 0.292 e. The molecule has 1 aliphatic heterocycles. The van der Waals surface area contributed by atoms with Crippen molar-refractivity contribution in [3.05, 3.63) is 79.8 Å². The zero-order chi connectivity index (χ0) is 16.4. The first-order chi connectivity index (χ1) is 11.1. The van der Waals surface area contributed by atoms with Gasteiger partial charge in [-0.1, -0.05) is 59.6 Å². The molecule has 2 atom stereocenters. The normalized spacial score (nSPS) is 21.5. The van der Waals surface area contributed by atoms with E-state index in [1.165, 1.54) is 0 Å². The molecule has 1 saturated heterocycles. The Balaban J connectivity index is 1.86. The Morgan fingerprint density at radius 1 is 1.04 bits per heavy atom. The molecule has 120 valence electrons. The van der Waals surface area contributed by atoms with Gasteiger partial charge in [0.1, 0.15) is 0 Å². The monoisotopic (exact) mass is 350 g/mol. The Labute approximate surface area is 144 Å². The zero-order valence-electron chi connectivity index (χ0n) is 12.4. The van der Waals surface area contributed by atoms with Crippen LogP contribution in [0.15, 0.2) is 48.5 Å². The molecule has 23 heavy (non-hydrogen) atoms. The van der Waals surface area contributed by atoms with E-state index in [-0.39, 0.29) is 10.8 Å². The highest BCUT2D eigenvalue weighted by atomic mass is 35.5. The molecule has 0 spiro atoms. The average molecular weight is 351 g/mol. The van der Waals surface area contributed by atoms with Crippen molar-refractivity contribution in [2.45, 2.75) is 18.5 Å². The van der Waals surface area contributed by atoms with Crippen LogP contribution in [0.25, 0.3) is 0 Å². The molecule has 2 aromatic rings. The summed E-state index contributed by atoms with van der Waals surface area (Å²) in [5.41, 5.74) is 1.83. The van der Waals surface area contributed by atoms with Crippen molar-refractivity contribution in [2.24, 2.45) is 0 Å². The summed E-state index contributed by atoms with van der Waals surface area (Å²) < 4.78 is 0. The van der Waals surface area contributed by atoms with Gasteiger partial charge in [0.05, 0.1) is 12.5 Å². The smallest absolute Gasteiger partial charge is 0.233 e. The maximum atomic E-state index is 11.5.